The molecule has 1 heterocycles. The van der Waals surface area contributed by atoms with Crippen LogP contribution < -0.4 is 0 Å². The van der Waals surface area contributed by atoms with Crippen LogP contribution in [-0.2, 0) is 6.54 Å². The number of rotatable bonds is 4. The summed E-state index contributed by atoms with van der Waals surface area (Å²) in [5.41, 5.74) is 0.792. The molecule has 0 spiro atoms. The molecule has 0 bridgehead atoms. The molecule has 1 aliphatic heterocycles. The van der Waals surface area contributed by atoms with E-state index >= 15 is 0 Å². The summed E-state index contributed by atoms with van der Waals surface area (Å²) in [6.45, 7) is 9.46. The highest BCUT2D eigenvalue weighted by molar-refractivity contribution is 9.10. The maximum absolute atomic E-state index is 13.8. The first-order chi connectivity index (χ1) is 9.10. The molecular formula is C15H22BrFN2. The number of benzene rings is 1. The minimum absolute atomic E-state index is 0.112. The van der Waals surface area contributed by atoms with E-state index in [0.29, 0.717) is 12.6 Å². The van der Waals surface area contributed by atoms with Crippen LogP contribution in [0.2, 0.25) is 0 Å². The van der Waals surface area contributed by atoms with E-state index in [1.807, 2.05) is 12.1 Å². The van der Waals surface area contributed by atoms with Gasteiger partial charge in [-0.1, -0.05) is 28.9 Å². The molecular weight excluding hydrogens is 307 g/mol. The molecule has 1 aliphatic rings. The zero-order valence-corrected chi connectivity index (χ0v) is 13.3. The Morgan fingerprint density at radius 3 is 2.53 bits per heavy atom. The average Bonchev–Trinajstić information content (AvgIpc) is 2.42. The lowest BCUT2D eigenvalue weighted by atomic mass is 10.1. The van der Waals surface area contributed by atoms with Gasteiger partial charge >= 0.3 is 0 Å². The highest BCUT2D eigenvalue weighted by Crippen LogP contribution is 2.18. The molecule has 0 saturated carbocycles. The monoisotopic (exact) mass is 328 g/mol. The molecule has 19 heavy (non-hydrogen) atoms. The van der Waals surface area contributed by atoms with E-state index in [4.69, 9.17) is 0 Å². The van der Waals surface area contributed by atoms with Crippen molar-refractivity contribution in [2.24, 2.45) is 0 Å². The van der Waals surface area contributed by atoms with E-state index in [0.717, 1.165) is 36.2 Å². The molecule has 1 atom stereocenters. The molecule has 0 radical (unpaired) electrons. The highest BCUT2D eigenvalue weighted by atomic mass is 79.9. The van der Waals surface area contributed by atoms with Gasteiger partial charge in [-0.15, -0.1) is 0 Å². The number of piperazine rings is 1. The van der Waals surface area contributed by atoms with Crippen molar-refractivity contribution in [2.45, 2.75) is 32.9 Å². The van der Waals surface area contributed by atoms with Crippen molar-refractivity contribution >= 4 is 15.9 Å². The molecule has 0 aliphatic carbocycles. The Kier molecular flexibility index (Phi) is 5.37. The fraction of sp³-hybridized carbons (Fsp3) is 0.600. The van der Waals surface area contributed by atoms with Gasteiger partial charge < -0.3 is 0 Å². The van der Waals surface area contributed by atoms with Gasteiger partial charge in [-0.25, -0.2) is 4.39 Å². The van der Waals surface area contributed by atoms with Crippen LogP contribution in [0.1, 0.15) is 25.8 Å². The molecule has 106 valence electrons. The largest absolute Gasteiger partial charge is 0.298 e. The molecule has 1 aromatic rings. The maximum atomic E-state index is 13.8. The molecule has 0 amide bonds. The Labute approximate surface area is 123 Å². The van der Waals surface area contributed by atoms with E-state index in [1.54, 1.807) is 6.07 Å². The van der Waals surface area contributed by atoms with Gasteiger partial charge in [0.1, 0.15) is 5.82 Å². The van der Waals surface area contributed by atoms with Gasteiger partial charge in [0.15, 0.2) is 0 Å². The number of hydrogen-bond acceptors (Lipinski definition) is 2. The molecule has 2 rings (SSSR count). The summed E-state index contributed by atoms with van der Waals surface area (Å²) < 4.78 is 14.6. The van der Waals surface area contributed by atoms with Crippen LogP contribution in [0.4, 0.5) is 4.39 Å². The van der Waals surface area contributed by atoms with E-state index in [1.165, 1.54) is 6.42 Å². The van der Waals surface area contributed by atoms with E-state index in [9.17, 15) is 4.39 Å². The van der Waals surface area contributed by atoms with Crippen LogP contribution in [0.5, 0.6) is 0 Å². The van der Waals surface area contributed by atoms with Crippen molar-refractivity contribution in [2.75, 3.05) is 26.2 Å². The standard InChI is InChI=1S/C15H22BrFN2/c1-3-12(2)19-8-6-18(7-9-19)11-13-4-5-14(16)10-15(13)17/h4-5,10,12H,3,6-9,11H2,1-2H3. The van der Waals surface area contributed by atoms with Crippen molar-refractivity contribution in [3.8, 4) is 0 Å². The number of halogens is 2. The SMILES string of the molecule is CCC(C)N1CCN(Cc2ccc(Br)cc2F)CC1. The molecule has 1 saturated heterocycles. The molecule has 1 unspecified atom stereocenters. The normalized spacial score (nSPS) is 19.6. The summed E-state index contributed by atoms with van der Waals surface area (Å²) in [4.78, 5) is 4.86. The Balaban J connectivity index is 1.88. The van der Waals surface area contributed by atoms with Crippen molar-refractivity contribution in [3.05, 3.63) is 34.1 Å². The van der Waals surface area contributed by atoms with E-state index < -0.39 is 0 Å². The van der Waals surface area contributed by atoms with Crippen LogP contribution in [0.25, 0.3) is 0 Å². The second-order valence-corrected chi connectivity index (χ2v) is 6.22. The summed E-state index contributed by atoms with van der Waals surface area (Å²) in [7, 11) is 0. The zero-order chi connectivity index (χ0) is 13.8. The lowest BCUT2D eigenvalue weighted by molar-refractivity contribution is 0.0957. The van der Waals surface area contributed by atoms with Crippen LogP contribution in [0.3, 0.4) is 0 Å². The van der Waals surface area contributed by atoms with Crippen molar-refractivity contribution < 1.29 is 4.39 Å². The molecule has 1 aromatic carbocycles. The van der Waals surface area contributed by atoms with Gasteiger partial charge in [0.2, 0.25) is 0 Å². The topological polar surface area (TPSA) is 6.48 Å². The Hall–Kier alpha value is -0.450. The van der Waals surface area contributed by atoms with Crippen molar-refractivity contribution in [1.82, 2.24) is 9.80 Å². The van der Waals surface area contributed by atoms with E-state index in [2.05, 4.69) is 39.6 Å². The van der Waals surface area contributed by atoms with Crippen LogP contribution in [0, 0.1) is 5.82 Å². The molecule has 1 fully saturated rings. The van der Waals surface area contributed by atoms with Gasteiger partial charge in [-0.3, -0.25) is 9.80 Å². The minimum Gasteiger partial charge on any atom is -0.298 e. The van der Waals surface area contributed by atoms with Crippen LogP contribution >= 0.6 is 15.9 Å². The predicted octanol–water partition coefficient (Wildman–Crippen LogP) is 3.50. The van der Waals surface area contributed by atoms with Gasteiger partial charge in [0.25, 0.3) is 0 Å². The quantitative estimate of drug-likeness (QED) is 0.834. The van der Waals surface area contributed by atoms with Crippen molar-refractivity contribution in [3.63, 3.8) is 0 Å². The lowest BCUT2D eigenvalue weighted by Crippen LogP contribution is -2.49. The van der Waals surface area contributed by atoms with Crippen LogP contribution in [-0.4, -0.2) is 42.0 Å². The van der Waals surface area contributed by atoms with E-state index in [-0.39, 0.29) is 5.82 Å². The average molecular weight is 329 g/mol. The third-order valence-corrected chi connectivity index (χ3v) is 4.52. The summed E-state index contributed by atoms with van der Waals surface area (Å²) in [5.74, 6) is -0.112. The summed E-state index contributed by atoms with van der Waals surface area (Å²) in [6.07, 6.45) is 1.20. The van der Waals surface area contributed by atoms with Gasteiger partial charge in [-0.2, -0.15) is 0 Å². The predicted molar refractivity (Wildman–Crippen MR) is 80.7 cm³/mol. The number of hydrogen-bond donors (Lipinski definition) is 0. The summed E-state index contributed by atoms with van der Waals surface area (Å²) >= 11 is 3.29. The number of nitrogens with zero attached hydrogens (tertiary/aromatic N) is 2. The lowest BCUT2D eigenvalue weighted by Gasteiger charge is -2.37. The second-order valence-electron chi connectivity index (χ2n) is 5.31. The second kappa shape index (κ2) is 6.82. The zero-order valence-electron chi connectivity index (χ0n) is 11.7. The molecule has 0 N–H and O–H groups in total. The first-order valence-electron chi connectivity index (χ1n) is 7.00. The van der Waals surface area contributed by atoms with Crippen LogP contribution in [0.15, 0.2) is 22.7 Å². The third kappa shape index (κ3) is 4.01. The van der Waals surface area contributed by atoms with Gasteiger partial charge in [0, 0.05) is 48.8 Å². The fourth-order valence-corrected chi connectivity index (χ4v) is 2.84. The Bertz CT molecular complexity index is 417. The molecule has 0 aromatic heterocycles. The third-order valence-electron chi connectivity index (χ3n) is 4.03. The summed E-state index contributed by atoms with van der Waals surface area (Å²) in [5, 5.41) is 0. The minimum atomic E-state index is -0.112. The Morgan fingerprint density at radius 1 is 1.26 bits per heavy atom. The van der Waals surface area contributed by atoms with Gasteiger partial charge in [0.05, 0.1) is 0 Å². The first-order valence-corrected chi connectivity index (χ1v) is 7.79. The van der Waals surface area contributed by atoms with Crippen molar-refractivity contribution in [1.29, 1.82) is 0 Å². The molecule has 4 heteroatoms. The maximum Gasteiger partial charge on any atom is 0.128 e. The smallest absolute Gasteiger partial charge is 0.128 e. The highest BCUT2D eigenvalue weighted by Gasteiger charge is 2.20. The summed E-state index contributed by atoms with van der Waals surface area (Å²) in [6, 6.07) is 5.99. The Morgan fingerprint density at radius 2 is 1.95 bits per heavy atom. The first kappa shape index (κ1) is 14.9. The fourth-order valence-electron chi connectivity index (χ4n) is 2.51. The van der Waals surface area contributed by atoms with Gasteiger partial charge in [-0.05, 0) is 25.5 Å². The molecule has 2 nitrogen and oxygen atoms in total.